The number of ether oxygens (including phenoxy) is 1. The standard InChI is InChI=1S/C7H9N3O2/c1-12-5-2-3-6(9-4-5)7(11)10-8/h2-4H,8H2,1H3,(H,10,11). The van der Waals surface area contributed by atoms with Crippen LogP contribution >= 0.6 is 0 Å². The van der Waals surface area contributed by atoms with Crippen molar-refractivity contribution >= 4 is 5.91 Å². The molecule has 0 bridgehead atoms. The summed E-state index contributed by atoms with van der Waals surface area (Å²) < 4.78 is 4.86. The first-order valence-corrected chi connectivity index (χ1v) is 3.29. The Balaban J connectivity index is 2.84. The van der Waals surface area contributed by atoms with E-state index in [0.29, 0.717) is 5.75 Å². The van der Waals surface area contributed by atoms with Crippen LogP contribution in [0.2, 0.25) is 0 Å². The molecule has 0 atom stereocenters. The lowest BCUT2D eigenvalue weighted by Crippen LogP contribution is -2.30. The molecule has 1 aromatic rings. The average molecular weight is 167 g/mol. The fourth-order valence-electron chi connectivity index (χ4n) is 0.709. The van der Waals surface area contributed by atoms with Crippen molar-refractivity contribution in [3.8, 4) is 5.75 Å². The maximum absolute atomic E-state index is 10.9. The Morgan fingerprint density at radius 2 is 2.42 bits per heavy atom. The van der Waals surface area contributed by atoms with Gasteiger partial charge >= 0.3 is 0 Å². The summed E-state index contributed by atoms with van der Waals surface area (Å²) in [4.78, 5) is 14.7. The molecule has 0 aromatic carbocycles. The van der Waals surface area contributed by atoms with Crippen LogP contribution in [0.15, 0.2) is 18.3 Å². The number of nitrogens with one attached hydrogen (secondary N) is 1. The van der Waals surface area contributed by atoms with Gasteiger partial charge in [0.25, 0.3) is 5.91 Å². The van der Waals surface area contributed by atoms with E-state index >= 15 is 0 Å². The molecular formula is C7H9N3O2. The van der Waals surface area contributed by atoms with Crippen molar-refractivity contribution in [3.05, 3.63) is 24.0 Å². The fraction of sp³-hybridized carbons (Fsp3) is 0.143. The molecule has 0 saturated heterocycles. The minimum absolute atomic E-state index is 0.262. The second kappa shape index (κ2) is 3.68. The molecule has 0 radical (unpaired) electrons. The molecule has 0 saturated carbocycles. The van der Waals surface area contributed by atoms with Gasteiger partial charge < -0.3 is 4.74 Å². The number of hydrogen-bond donors (Lipinski definition) is 2. The van der Waals surface area contributed by atoms with E-state index in [4.69, 9.17) is 10.6 Å². The first-order chi connectivity index (χ1) is 5.77. The van der Waals surface area contributed by atoms with Gasteiger partial charge in [0.2, 0.25) is 0 Å². The number of pyridine rings is 1. The summed E-state index contributed by atoms with van der Waals surface area (Å²) >= 11 is 0. The molecule has 0 aliphatic rings. The maximum Gasteiger partial charge on any atom is 0.283 e. The quantitative estimate of drug-likeness (QED) is 0.360. The second-order valence-corrected chi connectivity index (χ2v) is 2.06. The van der Waals surface area contributed by atoms with Gasteiger partial charge in [-0.25, -0.2) is 10.8 Å². The molecule has 5 heteroatoms. The Morgan fingerprint density at radius 1 is 1.67 bits per heavy atom. The molecule has 64 valence electrons. The molecule has 12 heavy (non-hydrogen) atoms. The number of rotatable bonds is 2. The fourth-order valence-corrected chi connectivity index (χ4v) is 0.709. The van der Waals surface area contributed by atoms with E-state index in [1.165, 1.54) is 19.4 Å². The van der Waals surface area contributed by atoms with E-state index in [9.17, 15) is 4.79 Å². The number of nitrogen functional groups attached to an aromatic ring is 1. The average Bonchev–Trinajstić information content (AvgIpc) is 2.17. The van der Waals surface area contributed by atoms with Gasteiger partial charge in [0.1, 0.15) is 11.4 Å². The number of hydrogen-bond acceptors (Lipinski definition) is 4. The molecular weight excluding hydrogens is 158 g/mol. The van der Waals surface area contributed by atoms with E-state index in [-0.39, 0.29) is 5.69 Å². The third-order valence-electron chi connectivity index (χ3n) is 1.34. The lowest BCUT2D eigenvalue weighted by molar-refractivity contribution is 0.0948. The smallest absolute Gasteiger partial charge is 0.283 e. The molecule has 1 amide bonds. The minimum atomic E-state index is -0.419. The van der Waals surface area contributed by atoms with Gasteiger partial charge in [0, 0.05) is 0 Å². The number of amides is 1. The first-order valence-electron chi connectivity index (χ1n) is 3.29. The highest BCUT2D eigenvalue weighted by Crippen LogP contribution is 2.07. The van der Waals surface area contributed by atoms with E-state index < -0.39 is 5.91 Å². The van der Waals surface area contributed by atoms with Crippen molar-refractivity contribution in [2.45, 2.75) is 0 Å². The molecule has 0 aliphatic heterocycles. The van der Waals surface area contributed by atoms with Gasteiger partial charge in [-0.3, -0.25) is 10.2 Å². The van der Waals surface area contributed by atoms with Crippen LogP contribution in [0.25, 0.3) is 0 Å². The Bertz CT molecular complexity index is 270. The monoisotopic (exact) mass is 167 g/mol. The van der Waals surface area contributed by atoms with Gasteiger partial charge in [-0.15, -0.1) is 0 Å². The molecule has 3 N–H and O–H groups in total. The number of nitrogens with zero attached hydrogens (tertiary/aromatic N) is 1. The van der Waals surface area contributed by atoms with Crippen molar-refractivity contribution in [2.24, 2.45) is 5.84 Å². The van der Waals surface area contributed by atoms with Crippen LogP contribution in [0.1, 0.15) is 10.5 Å². The Morgan fingerprint density at radius 3 is 2.83 bits per heavy atom. The Labute approximate surface area is 69.5 Å². The lowest BCUT2D eigenvalue weighted by atomic mass is 10.3. The number of methoxy groups -OCH3 is 1. The zero-order chi connectivity index (χ0) is 8.97. The van der Waals surface area contributed by atoms with Gasteiger partial charge in [-0.05, 0) is 12.1 Å². The van der Waals surface area contributed by atoms with Crippen LogP contribution in [0.5, 0.6) is 5.75 Å². The van der Waals surface area contributed by atoms with E-state index in [2.05, 4.69) is 4.98 Å². The van der Waals surface area contributed by atoms with Gasteiger partial charge in [0.05, 0.1) is 13.3 Å². The summed E-state index contributed by atoms with van der Waals surface area (Å²) in [7, 11) is 1.53. The lowest BCUT2D eigenvalue weighted by Gasteiger charge is -2.00. The SMILES string of the molecule is COc1ccc(C(=O)NN)nc1. The molecule has 0 aliphatic carbocycles. The molecule has 5 nitrogen and oxygen atoms in total. The van der Waals surface area contributed by atoms with Crippen LogP contribution in [-0.4, -0.2) is 18.0 Å². The second-order valence-electron chi connectivity index (χ2n) is 2.06. The zero-order valence-electron chi connectivity index (χ0n) is 6.57. The molecule has 0 unspecified atom stereocenters. The summed E-state index contributed by atoms with van der Waals surface area (Å²) in [6, 6.07) is 3.17. The number of aromatic nitrogens is 1. The summed E-state index contributed by atoms with van der Waals surface area (Å²) in [5.74, 6) is 5.09. The first kappa shape index (κ1) is 8.48. The number of carbonyl (C=O) groups is 1. The highest BCUT2D eigenvalue weighted by molar-refractivity contribution is 5.91. The highest BCUT2D eigenvalue weighted by atomic mass is 16.5. The van der Waals surface area contributed by atoms with Crippen molar-refractivity contribution in [1.29, 1.82) is 0 Å². The van der Waals surface area contributed by atoms with Crippen molar-refractivity contribution in [2.75, 3.05) is 7.11 Å². The van der Waals surface area contributed by atoms with E-state index in [1.807, 2.05) is 5.43 Å². The van der Waals surface area contributed by atoms with E-state index in [0.717, 1.165) is 0 Å². The molecule has 1 heterocycles. The highest BCUT2D eigenvalue weighted by Gasteiger charge is 2.03. The summed E-state index contributed by atoms with van der Waals surface area (Å²) in [5.41, 5.74) is 2.24. The minimum Gasteiger partial charge on any atom is -0.495 e. The number of carbonyl (C=O) groups excluding carboxylic acids is 1. The van der Waals surface area contributed by atoms with E-state index in [1.54, 1.807) is 6.07 Å². The third-order valence-corrected chi connectivity index (χ3v) is 1.34. The van der Waals surface area contributed by atoms with Crippen LogP contribution in [0.4, 0.5) is 0 Å². The van der Waals surface area contributed by atoms with Crippen molar-refractivity contribution in [1.82, 2.24) is 10.4 Å². The third kappa shape index (κ3) is 1.70. The predicted molar refractivity (Wildman–Crippen MR) is 42.4 cm³/mol. The van der Waals surface area contributed by atoms with Crippen LogP contribution in [-0.2, 0) is 0 Å². The number of nitrogens with two attached hydrogens (primary N) is 1. The molecule has 0 spiro atoms. The number of hydrazine groups is 1. The molecule has 1 rings (SSSR count). The van der Waals surface area contributed by atoms with Gasteiger partial charge in [0.15, 0.2) is 0 Å². The normalized spacial score (nSPS) is 9.17. The molecule has 1 aromatic heterocycles. The topological polar surface area (TPSA) is 77.2 Å². The van der Waals surface area contributed by atoms with Crippen molar-refractivity contribution < 1.29 is 9.53 Å². The Hall–Kier alpha value is -1.62. The van der Waals surface area contributed by atoms with Crippen LogP contribution < -0.4 is 16.0 Å². The van der Waals surface area contributed by atoms with Gasteiger partial charge in [-0.2, -0.15) is 0 Å². The summed E-state index contributed by atoms with van der Waals surface area (Å²) in [5, 5.41) is 0. The Kier molecular flexibility index (Phi) is 2.60. The predicted octanol–water partition coefficient (Wildman–Crippen LogP) is -0.306. The van der Waals surface area contributed by atoms with Gasteiger partial charge in [-0.1, -0.05) is 0 Å². The zero-order valence-corrected chi connectivity index (χ0v) is 6.57. The molecule has 0 fully saturated rings. The van der Waals surface area contributed by atoms with Crippen molar-refractivity contribution in [3.63, 3.8) is 0 Å². The largest absolute Gasteiger partial charge is 0.495 e. The summed E-state index contributed by atoms with van der Waals surface area (Å²) in [6.45, 7) is 0. The summed E-state index contributed by atoms with van der Waals surface area (Å²) in [6.07, 6.45) is 1.45. The van der Waals surface area contributed by atoms with Crippen LogP contribution in [0, 0.1) is 0 Å². The maximum atomic E-state index is 10.9. The van der Waals surface area contributed by atoms with Crippen LogP contribution in [0.3, 0.4) is 0 Å².